The number of hydrogen-bond acceptors (Lipinski definition) is 2. The van der Waals surface area contributed by atoms with Crippen LogP contribution in [0.4, 0.5) is 0 Å². The maximum absolute atomic E-state index is 12.3. The lowest BCUT2D eigenvalue weighted by Crippen LogP contribution is -2.38. The molecule has 2 aliphatic carbocycles. The molecule has 0 fully saturated rings. The summed E-state index contributed by atoms with van der Waals surface area (Å²) in [7, 11) is 0. The van der Waals surface area contributed by atoms with Crippen molar-refractivity contribution in [3.63, 3.8) is 0 Å². The smallest absolute Gasteiger partial charge is 0.224 e. The second-order valence-electron chi connectivity index (χ2n) is 5.44. The van der Waals surface area contributed by atoms with E-state index in [1.165, 1.54) is 0 Å². The molecule has 1 aromatic rings. The van der Waals surface area contributed by atoms with Crippen LogP contribution in [0, 0.1) is 5.92 Å². The highest BCUT2D eigenvalue weighted by molar-refractivity contribution is 5.79. The Labute approximate surface area is 113 Å². The molecule has 1 amide bonds. The summed E-state index contributed by atoms with van der Waals surface area (Å²) in [6, 6.07) is 7.71. The number of rotatable bonds is 2. The average molecular weight is 257 g/mol. The molecule has 0 saturated heterocycles. The maximum Gasteiger partial charge on any atom is 0.224 e. The number of benzene rings is 1. The third-order valence-electron chi connectivity index (χ3n) is 4.14. The Hall–Kier alpha value is -1.61. The van der Waals surface area contributed by atoms with Gasteiger partial charge in [-0.25, -0.2) is 0 Å². The van der Waals surface area contributed by atoms with Crippen molar-refractivity contribution in [1.29, 1.82) is 0 Å². The predicted octanol–water partition coefficient (Wildman–Crippen LogP) is 2.12. The first-order valence-corrected chi connectivity index (χ1v) is 6.97. The van der Waals surface area contributed by atoms with Crippen LogP contribution in [0.3, 0.4) is 0 Å². The number of fused-ring (bicyclic) bond motifs is 1. The summed E-state index contributed by atoms with van der Waals surface area (Å²) in [6.45, 7) is 0. The highest BCUT2D eigenvalue weighted by atomic mass is 16.3. The van der Waals surface area contributed by atoms with E-state index in [0.717, 1.165) is 30.4 Å². The zero-order valence-electron chi connectivity index (χ0n) is 10.9. The number of carbonyl (C=O) groups is 1. The molecule has 2 N–H and O–H groups in total. The van der Waals surface area contributed by atoms with Gasteiger partial charge >= 0.3 is 0 Å². The van der Waals surface area contributed by atoms with Crippen molar-refractivity contribution < 1.29 is 9.90 Å². The number of carbonyl (C=O) groups excluding carboxylic acids is 1. The van der Waals surface area contributed by atoms with Crippen LogP contribution in [0.25, 0.3) is 0 Å². The van der Waals surface area contributed by atoms with E-state index < -0.39 is 6.10 Å². The summed E-state index contributed by atoms with van der Waals surface area (Å²) in [5, 5.41) is 13.2. The van der Waals surface area contributed by atoms with Gasteiger partial charge in [0.2, 0.25) is 5.91 Å². The second-order valence-corrected chi connectivity index (χ2v) is 5.44. The van der Waals surface area contributed by atoms with E-state index in [4.69, 9.17) is 0 Å². The normalized spacial score (nSPS) is 29.0. The molecule has 19 heavy (non-hydrogen) atoms. The lowest BCUT2D eigenvalue weighted by molar-refractivity contribution is -0.126. The summed E-state index contributed by atoms with van der Waals surface area (Å²) >= 11 is 0. The van der Waals surface area contributed by atoms with Gasteiger partial charge < -0.3 is 10.4 Å². The molecule has 3 unspecified atom stereocenters. The van der Waals surface area contributed by atoms with E-state index >= 15 is 0 Å². The van der Waals surface area contributed by atoms with Crippen LogP contribution in [0.1, 0.15) is 36.4 Å². The van der Waals surface area contributed by atoms with Crippen molar-refractivity contribution in [2.24, 2.45) is 5.92 Å². The van der Waals surface area contributed by atoms with E-state index in [1.807, 2.05) is 24.3 Å². The van der Waals surface area contributed by atoms with E-state index in [9.17, 15) is 9.90 Å². The number of amides is 1. The van der Waals surface area contributed by atoms with E-state index in [0.29, 0.717) is 6.42 Å². The van der Waals surface area contributed by atoms with Crippen LogP contribution in [0.2, 0.25) is 0 Å². The molecule has 3 heteroatoms. The molecule has 0 aliphatic heterocycles. The van der Waals surface area contributed by atoms with Crippen molar-refractivity contribution in [2.75, 3.05) is 0 Å². The average Bonchev–Trinajstić information content (AvgIpc) is 2.76. The number of aliphatic hydroxyl groups is 1. The SMILES string of the molecule is O=C(NC1c2ccccc2CC1O)C1CC=CCC1. The quantitative estimate of drug-likeness (QED) is 0.797. The summed E-state index contributed by atoms with van der Waals surface area (Å²) in [5.74, 6) is 0.134. The van der Waals surface area contributed by atoms with Gasteiger partial charge in [0, 0.05) is 12.3 Å². The van der Waals surface area contributed by atoms with Crippen molar-refractivity contribution in [3.05, 3.63) is 47.5 Å². The standard InChI is InChI=1S/C16H19NO2/c18-14-10-12-8-4-5-9-13(12)15(14)17-16(19)11-6-2-1-3-7-11/h1-2,4-5,8-9,11,14-15,18H,3,6-7,10H2,(H,17,19). The zero-order valence-corrected chi connectivity index (χ0v) is 10.9. The Balaban J connectivity index is 1.73. The Morgan fingerprint density at radius 1 is 1.26 bits per heavy atom. The topological polar surface area (TPSA) is 49.3 Å². The monoisotopic (exact) mass is 257 g/mol. The summed E-state index contributed by atoms with van der Waals surface area (Å²) < 4.78 is 0. The van der Waals surface area contributed by atoms with Crippen molar-refractivity contribution in [3.8, 4) is 0 Å². The first-order chi connectivity index (χ1) is 9.25. The van der Waals surface area contributed by atoms with Crippen molar-refractivity contribution in [1.82, 2.24) is 5.32 Å². The molecule has 0 saturated carbocycles. The minimum absolute atomic E-state index is 0.0602. The Bertz CT molecular complexity index is 509. The van der Waals surface area contributed by atoms with Gasteiger partial charge in [0.1, 0.15) is 0 Å². The Morgan fingerprint density at radius 2 is 2.11 bits per heavy atom. The van der Waals surface area contributed by atoms with Gasteiger partial charge in [0.25, 0.3) is 0 Å². The largest absolute Gasteiger partial charge is 0.390 e. The molecule has 0 aromatic heterocycles. The van der Waals surface area contributed by atoms with Gasteiger partial charge in [0.15, 0.2) is 0 Å². The molecule has 2 aliphatic rings. The lowest BCUT2D eigenvalue weighted by Gasteiger charge is -2.23. The van der Waals surface area contributed by atoms with Crippen LogP contribution < -0.4 is 5.32 Å². The first kappa shape index (κ1) is 12.4. The fourth-order valence-electron chi connectivity index (χ4n) is 3.05. The van der Waals surface area contributed by atoms with Crippen LogP contribution >= 0.6 is 0 Å². The summed E-state index contributed by atoms with van der Waals surface area (Å²) in [4.78, 5) is 12.3. The molecule has 3 rings (SSSR count). The molecule has 0 bridgehead atoms. The van der Waals surface area contributed by atoms with Gasteiger partial charge in [-0.1, -0.05) is 36.4 Å². The third kappa shape index (κ3) is 2.43. The van der Waals surface area contributed by atoms with Gasteiger partial charge in [-0.15, -0.1) is 0 Å². The molecule has 3 nitrogen and oxygen atoms in total. The molecule has 3 atom stereocenters. The number of allylic oxidation sites excluding steroid dienone is 2. The molecule has 0 spiro atoms. The van der Waals surface area contributed by atoms with Crippen molar-refractivity contribution in [2.45, 2.75) is 37.8 Å². The van der Waals surface area contributed by atoms with E-state index in [-0.39, 0.29) is 17.9 Å². The fraction of sp³-hybridized carbons (Fsp3) is 0.438. The van der Waals surface area contributed by atoms with E-state index in [1.54, 1.807) is 0 Å². The molecular formula is C16H19NO2. The summed E-state index contributed by atoms with van der Waals surface area (Å²) in [5.41, 5.74) is 2.21. The number of nitrogens with one attached hydrogen (secondary N) is 1. The van der Waals surface area contributed by atoms with Gasteiger partial charge in [-0.05, 0) is 30.4 Å². The number of aliphatic hydroxyl groups excluding tert-OH is 1. The molecule has 0 heterocycles. The Morgan fingerprint density at radius 3 is 2.89 bits per heavy atom. The molecule has 100 valence electrons. The molecule has 1 aromatic carbocycles. The second kappa shape index (κ2) is 5.17. The minimum Gasteiger partial charge on any atom is -0.390 e. The van der Waals surface area contributed by atoms with Crippen LogP contribution in [-0.2, 0) is 11.2 Å². The fourth-order valence-corrected chi connectivity index (χ4v) is 3.05. The minimum atomic E-state index is -0.500. The molecular weight excluding hydrogens is 238 g/mol. The highest BCUT2D eigenvalue weighted by Crippen LogP contribution is 2.32. The van der Waals surface area contributed by atoms with Crippen LogP contribution in [-0.4, -0.2) is 17.1 Å². The highest BCUT2D eigenvalue weighted by Gasteiger charge is 2.33. The van der Waals surface area contributed by atoms with Gasteiger partial charge in [-0.2, -0.15) is 0 Å². The van der Waals surface area contributed by atoms with Crippen molar-refractivity contribution >= 4 is 5.91 Å². The first-order valence-electron chi connectivity index (χ1n) is 6.97. The van der Waals surface area contributed by atoms with Crippen LogP contribution in [0.15, 0.2) is 36.4 Å². The number of hydrogen-bond donors (Lipinski definition) is 2. The summed E-state index contributed by atoms with van der Waals surface area (Å²) in [6.07, 6.45) is 7.04. The van der Waals surface area contributed by atoms with Gasteiger partial charge in [0.05, 0.1) is 12.1 Å². The van der Waals surface area contributed by atoms with Crippen LogP contribution in [0.5, 0.6) is 0 Å². The maximum atomic E-state index is 12.3. The lowest BCUT2D eigenvalue weighted by atomic mass is 9.93. The predicted molar refractivity (Wildman–Crippen MR) is 73.5 cm³/mol. The third-order valence-corrected chi connectivity index (χ3v) is 4.14. The molecule has 0 radical (unpaired) electrons. The van der Waals surface area contributed by atoms with Gasteiger partial charge in [-0.3, -0.25) is 4.79 Å². The van der Waals surface area contributed by atoms with E-state index in [2.05, 4.69) is 17.5 Å². The Kier molecular flexibility index (Phi) is 3.38. The zero-order chi connectivity index (χ0) is 13.2.